The van der Waals surface area contributed by atoms with Crippen LogP contribution in [0.4, 0.5) is 5.69 Å². The molecule has 0 radical (unpaired) electrons. The van der Waals surface area contributed by atoms with Gasteiger partial charge >= 0.3 is 0 Å². The Bertz CT molecular complexity index is 1140. The number of anilines is 1. The maximum absolute atomic E-state index is 5.25. The Hall–Kier alpha value is -3.42. The van der Waals surface area contributed by atoms with E-state index in [1.807, 2.05) is 31.2 Å². The summed E-state index contributed by atoms with van der Waals surface area (Å²) in [6.45, 7) is 5.91. The van der Waals surface area contributed by atoms with Gasteiger partial charge in [0.1, 0.15) is 12.1 Å². The van der Waals surface area contributed by atoms with Gasteiger partial charge in [-0.1, -0.05) is 0 Å². The van der Waals surface area contributed by atoms with Gasteiger partial charge in [-0.05, 0) is 50.2 Å². The summed E-state index contributed by atoms with van der Waals surface area (Å²) in [5.74, 6) is 0.824. The maximum atomic E-state index is 5.25. The third-order valence-electron chi connectivity index (χ3n) is 5.23. The van der Waals surface area contributed by atoms with Crippen LogP contribution in [0.15, 0.2) is 42.7 Å². The fraction of sp³-hybridized carbons (Fsp3) is 0.300. The molecule has 1 aliphatic rings. The number of rotatable bonds is 4. The molecule has 1 saturated heterocycles. The molecule has 1 aliphatic heterocycles. The highest BCUT2D eigenvalue weighted by molar-refractivity contribution is 5.75. The number of benzene rings is 1. The minimum Gasteiger partial charge on any atom is -0.497 e. The van der Waals surface area contributed by atoms with Gasteiger partial charge in [-0.25, -0.2) is 0 Å². The Morgan fingerprint density at radius 3 is 2.50 bits per heavy atom. The molecular formula is C20H21N7O. The molecule has 4 heterocycles. The van der Waals surface area contributed by atoms with E-state index in [0.29, 0.717) is 6.04 Å². The number of hydrogen-bond donors (Lipinski definition) is 0. The number of methoxy groups -OCH3 is 1. The van der Waals surface area contributed by atoms with Crippen LogP contribution in [0.1, 0.15) is 17.4 Å². The fourth-order valence-electron chi connectivity index (χ4n) is 3.77. The van der Waals surface area contributed by atoms with Crippen molar-refractivity contribution in [3.8, 4) is 17.0 Å². The lowest BCUT2D eigenvalue weighted by Gasteiger charge is -2.41. The van der Waals surface area contributed by atoms with Crippen molar-refractivity contribution < 1.29 is 4.74 Å². The van der Waals surface area contributed by atoms with Crippen molar-refractivity contribution in [1.29, 1.82) is 0 Å². The predicted molar refractivity (Wildman–Crippen MR) is 106 cm³/mol. The van der Waals surface area contributed by atoms with E-state index in [0.717, 1.165) is 47.1 Å². The van der Waals surface area contributed by atoms with Crippen LogP contribution in [0.2, 0.25) is 0 Å². The van der Waals surface area contributed by atoms with Gasteiger partial charge in [0, 0.05) is 24.3 Å². The summed E-state index contributed by atoms with van der Waals surface area (Å²) in [7, 11) is 1.66. The van der Waals surface area contributed by atoms with Crippen molar-refractivity contribution in [1.82, 2.24) is 29.6 Å². The molecule has 0 N–H and O–H groups in total. The van der Waals surface area contributed by atoms with Crippen LogP contribution in [0.25, 0.3) is 16.9 Å². The zero-order chi connectivity index (χ0) is 19.3. The molecule has 142 valence electrons. The molecule has 28 heavy (non-hydrogen) atoms. The van der Waals surface area contributed by atoms with Gasteiger partial charge < -0.3 is 9.64 Å². The fourth-order valence-corrected chi connectivity index (χ4v) is 3.77. The average Bonchev–Trinajstić information content (AvgIpc) is 3.26. The normalized spacial score (nSPS) is 14.5. The van der Waals surface area contributed by atoms with Crippen molar-refractivity contribution in [2.45, 2.75) is 19.9 Å². The second-order valence-electron chi connectivity index (χ2n) is 7.17. The lowest BCUT2D eigenvalue weighted by molar-refractivity contribution is 0.361. The predicted octanol–water partition coefficient (Wildman–Crippen LogP) is 2.67. The quantitative estimate of drug-likeness (QED) is 0.546. The van der Waals surface area contributed by atoms with Crippen molar-refractivity contribution in [3.63, 3.8) is 0 Å². The van der Waals surface area contributed by atoms with Crippen molar-refractivity contribution >= 4 is 11.3 Å². The van der Waals surface area contributed by atoms with Gasteiger partial charge in [0.25, 0.3) is 0 Å². The second kappa shape index (κ2) is 6.33. The standard InChI is InChI=1S/C20H21N7O/c1-13-8-14(2)27(23-13)16-10-25(11-16)19-9-18(24-26-12-21-22-20(19)26)15-4-6-17(28-3)7-5-15/h4-9,12,16H,10-11H2,1-3H3. The van der Waals surface area contributed by atoms with Crippen LogP contribution in [-0.2, 0) is 0 Å². The molecule has 3 aromatic heterocycles. The first-order chi connectivity index (χ1) is 13.6. The summed E-state index contributed by atoms with van der Waals surface area (Å²) in [5.41, 5.74) is 5.96. The Labute approximate surface area is 162 Å². The van der Waals surface area contributed by atoms with Crippen molar-refractivity contribution in [2.75, 3.05) is 25.1 Å². The number of aryl methyl sites for hydroxylation is 2. The summed E-state index contributed by atoms with van der Waals surface area (Å²) in [6.07, 6.45) is 1.64. The molecule has 0 bridgehead atoms. The van der Waals surface area contributed by atoms with Crippen molar-refractivity contribution in [3.05, 3.63) is 54.1 Å². The minimum absolute atomic E-state index is 0.370. The molecule has 0 saturated carbocycles. The summed E-state index contributed by atoms with van der Waals surface area (Å²) >= 11 is 0. The van der Waals surface area contributed by atoms with Crippen molar-refractivity contribution in [2.24, 2.45) is 0 Å². The first-order valence-corrected chi connectivity index (χ1v) is 9.25. The van der Waals surface area contributed by atoms with Crippen LogP contribution >= 0.6 is 0 Å². The van der Waals surface area contributed by atoms with Gasteiger partial charge in [0.05, 0.1) is 30.2 Å². The number of fused-ring (bicyclic) bond motifs is 1. The zero-order valence-corrected chi connectivity index (χ0v) is 16.1. The van der Waals surface area contributed by atoms with E-state index < -0.39 is 0 Å². The van der Waals surface area contributed by atoms with Crippen LogP contribution in [0.3, 0.4) is 0 Å². The molecule has 0 spiro atoms. The van der Waals surface area contributed by atoms with Gasteiger partial charge in [-0.15, -0.1) is 10.2 Å². The molecule has 0 amide bonds. The molecule has 8 heteroatoms. The van der Waals surface area contributed by atoms with Gasteiger partial charge in [0.2, 0.25) is 5.65 Å². The molecular weight excluding hydrogens is 354 g/mol. The summed E-state index contributed by atoms with van der Waals surface area (Å²) in [5, 5.41) is 17.6. The first kappa shape index (κ1) is 16.7. The van der Waals surface area contributed by atoms with Crippen LogP contribution in [-0.4, -0.2) is 49.8 Å². The van der Waals surface area contributed by atoms with E-state index in [9.17, 15) is 0 Å². The molecule has 5 rings (SSSR count). The van der Waals surface area contributed by atoms with E-state index in [1.54, 1.807) is 18.0 Å². The zero-order valence-electron chi connectivity index (χ0n) is 16.1. The third-order valence-corrected chi connectivity index (χ3v) is 5.23. The minimum atomic E-state index is 0.370. The Morgan fingerprint density at radius 2 is 1.82 bits per heavy atom. The summed E-state index contributed by atoms with van der Waals surface area (Å²) in [4.78, 5) is 2.31. The van der Waals surface area contributed by atoms with E-state index in [2.05, 4.69) is 49.0 Å². The van der Waals surface area contributed by atoms with Crippen LogP contribution in [0.5, 0.6) is 5.75 Å². The lowest BCUT2D eigenvalue weighted by Crippen LogP contribution is -2.48. The van der Waals surface area contributed by atoms with Gasteiger partial charge in [-0.2, -0.15) is 14.7 Å². The monoisotopic (exact) mass is 375 g/mol. The Balaban J connectivity index is 1.47. The van der Waals surface area contributed by atoms with E-state index >= 15 is 0 Å². The lowest BCUT2D eigenvalue weighted by atomic mass is 10.1. The SMILES string of the molecule is COc1ccc(-c2cc(N3CC(n4nc(C)cc4C)C3)c3nncn3n2)cc1. The first-order valence-electron chi connectivity index (χ1n) is 9.25. The highest BCUT2D eigenvalue weighted by Gasteiger charge is 2.32. The van der Waals surface area contributed by atoms with E-state index in [4.69, 9.17) is 4.74 Å². The highest BCUT2D eigenvalue weighted by Crippen LogP contribution is 2.33. The number of hydrogen-bond acceptors (Lipinski definition) is 6. The highest BCUT2D eigenvalue weighted by atomic mass is 16.5. The molecule has 0 unspecified atom stereocenters. The topological polar surface area (TPSA) is 73.4 Å². The third kappa shape index (κ3) is 2.69. The number of nitrogens with zero attached hydrogens (tertiary/aromatic N) is 7. The molecule has 0 aliphatic carbocycles. The molecule has 1 fully saturated rings. The van der Waals surface area contributed by atoms with Crippen LogP contribution in [0, 0.1) is 13.8 Å². The van der Waals surface area contributed by atoms with Crippen LogP contribution < -0.4 is 9.64 Å². The van der Waals surface area contributed by atoms with Gasteiger partial charge in [-0.3, -0.25) is 4.68 Å². The summed E-state index contributed by atoms with van der Waals surface area (Å²) < 4.78 is 9.12. The second-order valence-corrected chi connectivity index (χ2v) is 7.17. The number of ether oxygens (including phenoxy) is 1. The molecule has 0 atom stereocenters. The Kier molecular flexibility index (Phi) is 3.78. The maximum Gasteiger partial charge on any atom is 0.200 e. The van der Waals surface area contributed by atoms with E-state index in [-0.39, 0.29) is 0 Å². The number of aromatic nitrogens is 6. The van der Waals surface area contributed by atoms with Gasteiger partial charge in [0.15, 0.2) is 0 Å². The molecule has 1 aromatic carbocycles. The molecule has 4 aromatic rings. The largest absolute Gasteiger partial charge is 0.497 e. The smallest absolute Gasteiger partial charge is 0.200 e. The summed E-state index contributed by atoms with van der Waals surface area (Å²) in [6, 6.07) is 12.5. The van der Waals surface area contributed by atoms with E-state index in [1.165, 1.54) is 5.69 Å². The molecule has 8 nitrogen and oxygen atoms in total. The average molecular weight is 375 g/mol. The Morgan fingerprint density at radius 1 is 1.04 bits per heavy atom.